The van der Waals surface area contributed by atoms with Crippen molar-refractivity contribution in [2.45, 2.75) is 46.2 Å². The van der Waals surface area contributed by atoms with Crippen LogP contribution in [0.5, 0.6) is 0 Å². The van der Waals surface area contributed by atoms with Crippen LogP contribution in [0.4, 0.5) is 11.5 Å². The minimum Gasteiger partial charge on any atom is -0.378 e. The number of aromatic nitrogens is 1. The van der Waals surface area contributed by atoms with E-state index in [4.69, 9.17) is 4.74 Å². The number of benzene rings is 1. The molecule has 170 valence electrons. The van der Waals surface area contributed by atoms with E-state index in [0.29, 0.717) is 31.9 Å². The molecule has 2 aliphatic heterocycles. The van der Waals surface area contributed by atoms with E-state index in [1.54, 1.807) is 6.92 Å². The molecule has 7 nitrogen and oxygen atoms in total. The molecular weight excluding hydrogens is 404 g/mol. The lowest BCUT2D eigenvalue weighted by molar-refractivity contribution is -0.117. The molecule has 0 bridgehead atoms. The smallest absolute Gasteiger partial charge is 0.254 e. The van der Waals surface area contributed by atoms with E-state index in [-0.39, 0.29) is 29.8 Å². The maximum Gasteiger partial charge on any atom is 0.254 e. The summed E-state index contributed by atoms with van der Waals surface area (Å²) in [5, 5.41) is 3.60. The molecule has 0 radical (unpaired) electrons. The fraction of sp³-hybridized carbons (Fsp3) is 0.480. The lowest BCUT2D eigenvalue weighted by Gasteiger charge is -2.45. The van der Waals surface area contributed by atoms with Gasteiger partial charge in [0.05, 0.1) is 19.3 Å². The molecule has 4 rings (SSSR count). The second kappa shape index (κ2) is 9.28. The minimum atomic E-state index is -0.0720. The number of hydrogen-bond acceptors (Lipinski definition) is 5. The number of nitrogens with zero attached hydrogens (tertiary/aromatic N) is 3. The summed E-state index contributed by atoms with van der Waals surface area (Å²) in [6, 6.07) is 11.6. The largest absolute Gasteiger partial charge is 0.378 e. The molecule has 1 aromatic carbocycles. The van der Waals surface area contributed by atoms with Crippen LogP contribution >= 0.6 is 0 Å². The topological polar surface area (TPSA) is 74.8 Å². The van der Waals surface area contributed by atoms with Gasteiger partial charge in [-0.15, -0.1) is 0 Å². The van der Waals surface area contributed by atoms with Gasteiger partial charge in [0.2, 0.25) is 5.91 Å². The van der Waals surface area contributed by atoms with Gasteiger partial charge in [-0.05, 0) is 49.2 Å². The van der Waals surface area contributed by atoms with Gasteiger partial charge >= 0.3 is 0 Å². The van der Waals surface area contributed by atoms with Gasteiger partial charge in [0.1, 0.15) is 5.82 Å². The molecular formula is C25H32N4O3. The molecule has 1 N–H and O–H groups in total. The third-order valence-electron chi connectivity index (χ3n) is 6.58. The number of aryl methyl sites for hydroxylation is 1. The van der Waals surface area contributed by atoms with E-state index >= 15 is 0 Å². The van der Waals surface area contributed by atoms with E-state index in [1.165, 1.54) is 0 Å². The van der Waals surface area contributed by atoms with Crippen molar-refractivity contribution in [3.8, 4) is 0 Å². The Morgan fingerprint density at radius 1 is 1.19 bits per heavy atom. The first-order valence-corrected chi connectivity index (χ1v) is 11.4. The fourth-order valence-electron chi connectivity index (χ4n) is 4.97. The van der Waals surface area contributed by atoms with Crippen LogP contribution < -0.4 is 10.2 Å². The Morgan fingerprint density at radius 2 is 1.94 bits per heavy atom. The Hall–Kier alpha value is -2.93. The highest BCUT2D eigenvalue weighted by Crippen LogP contribution is 2.43. The maximum atomic E-state index is 13.2. The first-order valence-electron chi connectivity index (χ1n) is 11.4. The number of carbonyl (C=O) groups is 2. The highest BCUT2D eigenvalue weighted by Gasteiger charge is 2.40. The minimum absolute atomic E-state index is 0.00294. The van der Waals surface area contributed by atoms with Crippen molar-refractivity contribution < 1.29 is 14.3 Å². The quantitative estimate of drug-likeness (QED) is 0.789. The molecule has 1 saturated heterocycles. The Labute approximate surface area is 189 Å². The van der Waals surface area contributed by atoms with E-state index in [9.17, 15) is 9.59 Å². The number of rotatable bonds is 4. The van der Waals surface area contributed by atoms with Crippen LogP contribution in [0.25, 0.3) is 0 Å². The fourth-order valence-corrected chi connectivity index (χ4v) is 4.97. The highest BCUT2D eigenvalue weighted by atomic mass is 16.5. The molecule has 0 aliphatic carbocycles. The number of nitrogens with one attached hydrogen (secondary N) is 1. The first kappa shape index (κ1) is 22.3. The Balaban J connectivity index is 1.77. The summed E-state index contributed by atoms with van der Waals surface area (Å²) in [7, 11) is 0. The van der Waals surface area contributed by atoms with Crippen molar-refractivity contribution in [3.63, 3.8) is 0 Å². The number of amides is 2. The second-order valence-corrected chi connectivity index (χ2v) is 8.69. The van der Waals surface area contributed by atoms with Gasteiger partial charge in [-0.2, -0.15) is 0 Å². The van der Waals surface area contributed by atoms with E-state index < -0.39 is 0 Å². The zero-order valence-electron chi connectivity index (χ0n) is 19.3. The number of fused-ring (bicyclic) bond motifs is 1. The predicted molar refractivity (Wildman–Crippen MR) is 125 cm³/mol. The van der Waals surface area contributed by atoms with Crippen molar-refractivity contribution >= 4 is 23.3 Å². The molecule has 2 aromatic rings. The van der Waals surface area contributed by atoms with E-state index in [2.05, 4.69) is 24.1 Å². The first-order chi connectivity index (χ1) is 15.4. The second-order valence-electron chi connectivity index (χ2n) is 8.69. The number of hydrogen-bond donors (Lipinski definition) is 1. The van der Waals surface area contributed by atoms with Crippen LogP contribution in [0.3, 0.4) is 0 Å². The van der Waals surface area contributed by atoms with Crippen molar-refractivity contribution in [3.05, 3.63) is 53.2 Å². The number of carbonyl (C=O) groups excluding carboxylic acids is 2. The third-order valence-corrected chi connectivity index (χ3v) is 6.58. The Bertz CT molecular complexity index is 1000. The number of morpholine rings is 1. The van der Waals surface area contributed by atoms with Gasteiger partial charge in [0.25, 0.3) is 5.91 Å². The van der Waals surface area contributed by atoms with E-state index in [0.717, 1.165) is 29.2 Å². The van der Waals surface area contributed by atoms with Crippen LogP contribution in [0.2, 0.25) is 0 Å². The number of anilines is 2. The molecule has 1 aromatic heterocycles. The normalized spacial score (nSPS) is 22.9. The van der Waals surface area contributed by atoms with Crippen LogP contribution in [0, 0.1) is 12.8 Å². The van der Waals surface area contributed by atoms with Gasteiger partial charge in [0.15, 0.2) is 0 Å². The molecule has 3 heterocycles. The highest BCUT2D eigenvalue weighted by molar-refractivity contribution is 5.98. The average molecular weight is 437 g/mol. The van der Waals surface area contributed by atoms with Gasteiger partial charge in [-0.1, -0.05) is 19.9 Å². The molecule has 3 atom stereocenters. The van der Waals surface area contributed by atoms with Crippen LogP contribution in [0.15, 0.2) is 36.4 Å². The standard InChI is InChI=1S/C25H32N4O3/c1-5-21-17(3)24(27-23-8-6-7-16(2)26-23)20-15-19(9-10-22(20)29(21)18(4)30)25(31)28-11-13-32-14-12-28/h6-10,15,17,21,24H,5,11-14H2,1-4H3,(H,26,27)/t17-,21?,24?/m0/s1. The van der Waals surface area contributed by atoms with Gasteiger partial charge in [-0.25, -0.2) is 4.98 Å². The summed E-state index contributed by atoms with van der Waals surface area (Å²) in [5.74, 6) is 0.948. The monoisotopic (exact) mass is 436 g/mol. The van der Waals surface area contributed by atoms with Gasteiger partial charge in [-0.3, -0.25) is 9.59 Å². The number of pyridine rings is 1. The lowest BCUT2D eigenvalue weighted by Crippen LogP contribution is -2.50. The van der Waals surface area contributed by atoms with Crippen molar-refractivity contribution in [2.75, 3.05) is 36.5 Å². The third kappa shape index (κ3) is 4.21. The van der Waals surface area contributed by atoms with E-state index in [1.807, 2.05) is 53.1 Å². The molecule has 0 spiro atoms. The van der Waals surface area contributed by atoms with Crippen molar-refractivity contribution in [1.82, 2.24) is 9.88 Å². The van der Waals surface area contributed by atoms with Crippen LogP contribution in [-0.4, -0.2) is 54.0 Å². The van der Waals surface area contributed by atoms with Crippen molar-refractivity contribution in [1.29, 1.82) is 0 Å². The average Bonchev–Trinajstić information content (AvgIpc) is 2.80. The predicted octanol–water partition coefficient (Wildman–Crippen LogP) is 3.80. The van der Waals surface area contributed by atoms with Crippen molar-refractivity contribution in [2.24, 2.45) is 5.92 Å². The Morgan fingerprint density at radius 3 is 2.59 bits per heavy atom. The zero-order valence-corrected chi connectivity index (χ0v) is 19.3. The van der Waals surface area contributed by atoms with Gasteiger partial charge in [0, 0.05) is 48.9 Å². The maximum absolute atomic E-state index is 13.2. The summed E-state index contributed by atoms with van der Waals surface area (Å²) < 4.78 is 5.39. The molecule has 1 fully saturated rings. The van der Waals surface area contributed by atoms with Crippen LogP contribution in [-0.2, 0) is 9.53 Å². The molecule has 32 heavy (non-hydrogen) atoms. The zero-order chi connectivity index (χ0) is 22.8. The molecule has 2 aliphatic rings. The van der Waals surface area contributed by atoms with Crippen LogP contribution in [0.1, 0.15) is 54.8 Å². The Kier molecular flexibility index (Phi) is 6.46. The number of ether oxygens (including phenoxy) is 1. The molecule has 0 saturated carbocycles. The molecule has 2 unspecified atom stereocenters. The SMILES string of the molecule is CCC1[C@H](C)C(Nc2cccc(C)n2)c2cc(C(=O)N3CCOCC3)ccc2N1C(C)=O. The molecule has 2 amide bonds. The summed E-state index contributed by atoms with van der Waals surface area (Å²) in [6.45, 7) is 10.2. The molecule has 7 heteroatoms. The summed E-state index contributed by atoms with van der Waals surface area (Å²) in [4.78, 5) is 34.2. The summed E-state index contributed by atoms with van der Waals surface area (Å²) >= 11 is 0. The summed E-state index contributed by atoms with van der Waals surface area (Å²) in [6.07, 6.45) is 0.841. The van der Waals surface area contributed by atoms with Gasteiger partial charge < -0.3 is 19.9 Å². The lowest BCUT2D eigenvalue weighted by atomic mass is 9.80. The summed E-state index contributed by atoms with van der Waals surface area (Å²) in [5.41, 5.74) is 3.40.